The average molecular weight is 333 g/mol. The van der Waals surface area contributed by atoms with Gasteiger partial charge in [0.15, 0.2) is 29.7 Å². The van der Waals surface area contributed by atoms with Crippen molar-refractivity contribution in [2.24, 2.45) is 0 Å². The highest BCUT2D eigenvalue weighted by molar-refractivity contribution is 5.78. The molecule has 1 amide bonds. The Labute approximate surface area is 140 Å². The summed E-state index contributed by atoms with van der Waals surface area (Å²) in [6, 6.07) is 11.1. The molecule has 0 heterocycles. The Morgan fingerprint density at radius 2 is 1.79 bits per heavy atom. The van der Waals surface area contributed by atoms with Gasteiger partial charge in [-0.25, -0.2) is 4.39 Å². The molecule has 0 aliphatic carbocycles. The Balaban J connectivity index is 1.95. The van der Waals surface area contributed by atoms with E-state index in [0.717, 1.165) is 5.56 Å². The molecule has 0 fully saturated rings. The van der Waals surface area contributed by atoms with Gasteiger partial charge in [0.1, 0.15) is 0 Å². The van der Waals surface area contributed by atoms with Gasteiger partial charge < -0.3 is 19.5 Å². The molecular weight excluding hydrogens is 313 g/mol. The first-order valence-electron chi connectivity index (χ1n) is 7.43. The molecular formula is C18H20FNO4. The average Bonchev–Trinajstić information content (AvgIpc) is 2.60. The lowest BCUT2D eigenvalue weighted by Crippen LogP contribution is -2.31. The maximum absolute atomic E-state index is 13.4. The number of benzene rings is 2. The molecule has 0 saturated carbocycles. The molecule has 2 aromatic rings. The molecule has 128 valence electrons. The number of halogens is 1. The third-order valence-corrected chi connectivity index (χ3v) is 3.48. The van der Waals surface area contributed by atoms with Crippen molar-refractivity contribution in [3.05, 3.63) is 53.8 Å². The van der Waals surface area contributed by atoms with Crippen LogP contribution in [-0.2, 0) is 4.79 Å². The van der Waals surface area contributed by atoms with Crippen LogP contribution in [0, 0.1) is 5.82 Å². The second-order valence-electron chi connectivity index (χ2n) is 5.12. The van der Waals surface area contributed by atoms with Crippen molar-refractivity contribution in [1.82, 2.24) is 5.32 Å². The molecule has 24 heavy (non-hydrogen) atoms. The van der Waals surface area contributed by atoms with Gasteiger partial charge >= 0.3 is 0 Å². The summed E-state index contributed by atoms with van der Waals surface area (Å²) in [6.07, 6.45) is 0. The lowest BCUT2D eigenvalue weighted by atomic mass is 10.1. The van der Waals surface area contributed by atoms with Gasteiger partial charge in [0.25, 0.3) is 5.91 Å². The first-order valence-corrected chi connectivity index (χ1v) is 7.43. The fourth-order valence-corrected chi connectivity index (χ4v) is 2.19. The number of ether oxygens (including phenoxy) is 3. The zero-order valence-corrected chi connectivity index (χ0v) is 13.8. The predicted octanol–water partition coefficient (Wildman–Crippen LogP) is 3.10. The minimum absolute atomic E-state index is 0.0476. The highest BCUT2D eigenvalue weighted by atomic mass is 19.1. The second kappa shape index (κ2) is 8.19. The normalized spacial score (nSPS) is 11.5. The van der Waals surface area contributed by atoms with Gasteiger partial charge in [0.05, 0.1) is 20.3 Å². The second-order valence-corrected chi connectivity index (χ2v) is 5.12. The van der Waals surface area contributed by atoms with Crippen LogP contribution < -0.4 is 19.5 Å². The van der Waals surface area contributed by atoms with E-state index in [1.54, 1.807) is 38.5 Å². The van der Waals surface area contributed by atoms with Crippen LogP contribution in [0.2, 0.25) is 0 Å². The summed E-state index contributed by atoms with van der Waals surface area (Å²) in [4.78, 5) is 12.0. The Morgan fingerprint density at radius 1 is 1.08 bits per heavy atom. The minimum Gasteiger partial charge on any atom is -0.493 e. The van der Waals surface area contributed by atoms with Gasteiger partial charge in [0.2, 0.25) is 0 Å². The lowest BCUT2D eigenvalue weighted by Gasteiger charge is -2.17. The summed E-state index contributed by atoms with van der Waals surface area (Å²) >= 11 is 0. The zero-order valence-electron chi connectivity index (χ0n) is 13.8. The summed E-state index contributed by atoms with van der Waals surface area (Å²) in [6.45, 7) is 1.57. The molecule has 1 atom stereocenters. The van der Waals surface area contributed by atoms with E-state index in [1.807, 2.05) is 13.0 Å². The van der Waals surface area contributed by atoms with Crippen molar-refractivity contribution in [2.45, 2.75) is 13.0 Å². The number of carbonyl (C=O) groups is 1. The van der Waals surface area contributed by atoms with E-state index in [2.05, 4.69) is 5.32 Å². The molecule has 0 aliphatic heterocycles. The van der Waals surface area contributed by atoms with Gasteiger partial charge in [0, 0.05) is 0 Å². The molecule has 0 aromatic heterocycles. The van der Waals surface area contributed by atoms with Crippen LogP contribution in [0.1, 0.15) is 18.5 Å². The van der Waals surface area contributed by atoms with Crippen LogP contribution in [0.5, 0.6) is 17.2 Å². The summed E-state index contributed by atoms with van der Waals surface area (Å²) < 4.78 is 29.1. The lowest BCUT2D eigenvalue weighted by molar-refractivity contribution is -0.123. The Bertz CT molecular complexity index is 705. The third kappa shape index (κ3) is 4.38. The highest BCUT2D eigenvalue weighted by Crippen LogP contribution is 2.29. The van der Waals surface area contributed by atoms with Crippen molar-refractivity contribution in [3.63, 3.8) is 0 Å². The van der Waals surface area contributed by atoms with E-state index in [4.69, 9.17) is 14.2 Å². The maximum atomic E-state index is 13.4. The molecule has 0 bridgehead atoms. The van der Waals surface area contributed by atoms with Gasteiger partial charge in [-0.1, -0.05) is 18.2 Å². The number of hydrogen-bond acceptors (Lipinski definition) is 4. The number of nitrogens with one attached hydrogen (secondary N) is 1. The molecule has 6 heteroatoms. The van der Waals surface area contributed by atoms with Crippen LogP contribution >= 0.6 is 0 Å². The SMILES string of the molecule is COc1ccc(C(C)NC(=O)COc2ccccc2F)cc1OC. The number of methoxy groups -OCH3 is 2. The first kappa shape index (κ1) is 17.6. The molecule has 2 aromatic carbocycles. The molecule has 1 unspecified atom stereocenters. The summed E-state index contributed by atoms with van der Waals surface area (Å²) in [7, 11) is 3.11. The smallest absolute Gasteiger partial charge is 0.258 e. The molecule has 1 N–H and O–H groups in total. The van der Waals surface area contributed by atoms with Crippen LogP contribution in [0.4, 0.5) is 4.39 Å². The van der Waals surface area contributed by atoms with E-state index in [-0.39, 0.29) is 24.3 Å². The molecule has 0 radical (unpaired) electrons. The van der Waals surface area contributed by atoms with E-state index >= 15 is 0 Å². The van der Waals surface area contributed by atoms with Crippen LogP contribution in [0.25, 0.3) is 0 Å². The van der Waals surface area contributed by atoms with Crippen molar-refractivity contribution in [3.8, 4) is 17.2 Å². The highest BCUT2D eigenvalue weighted by Gasteiger charge is 2.13. The van der Waals surface area contributed by atoms with Gasteiger partial charge in [-0.05, 0) is 36.8 Å². The Morgan fingerprint density at radius 3 is 2.46 bits per heavy atom. The zero-order chi connectivity index (χ0) is 17.5. The summed E-state index contributed by atoms with van der Waals surface area (Å²) in [5, 5.41) is 2.79. The number of carbonyl (C=O) groups excluding carboxylic acids is 1. The monoisotopic (exact) mass is 333 g/mol. The number of hydrogen-bond donors (Lipinski definition) is 1. The predicted molar refractivity (Wildman–Crippen MR) is 88.0 cm³/mol. The van der Waals surface area contributed by atoms with E-state index in [9.17, 15) is 9.18 Å². The molecule has 0 spiro atoms. The number of rotatable bonds is 7. The molecule has 2 rings (SSSR count). The first-order chi connectivity index (χ1) is 11.5. The molecule has 5 nitrogen and oxygen atoms in total. The van der Waals surface area contributed by atoms with Crippen molar-refractivity contribution in [2.75, 3.05) is 20.8 Å². The topological polar surface area (TPSA) is 56.8 Å². The Hall–Kier alpha value is -2.76. The number of para-hydroxylation sites is 1. The van der Waals surface area contributed by atoms with Crippen LogP contribution in [0.15, 0.2) is 42.5 Å². The minimum atomic E-state index is -0.502. The molecule has 0 aliphatic rings. The van der Waals surface area contributed by atoms with E-state index in [1.165, 1.54) is 12.1 Å². The number of amides is 1. The van der Waals surface area contributed by atoms with Crippen LogP contribution in [-0.4, -0.2) is 26.7 Å². The van der Waals surface area contributed by atoms with Crippen molar-refractivity contribution >= 4 is 5.91 Å². The molecule has 0 saturated heterocycles. The quantitative estimate of drug-likeness (QED) is 0.846. The van der Waals surface area contributed by atoms with E-state index < -0.39 is 5.82 Å². The fourth-order valence-electron chi connectivity index (χ4n) is 2.19. The van der Waals surface area contributed by atoms with Crippen LogP contribution in [0.3, 0.4) is 0 Å². The van der Waals surface area contributed by atoms with E-state index in [0.29, 0.717) is 11.5 Å². The fraction of sp³-hybridized carbons (Fsp3) is 0.278. The van der Waals surface area contributed by atoms with Gasteiger partial charge in [-0.15, -0.1) is 0 Å². The largest absolute Gasteiger partial charge is 0.493 e. The maximum Gasteiger partial charge on any atom is 0.258 e. The standard InChI is InChI=1S/C18H20FNO4/c1-12(13-8-9-16(22-2)17(10-13)23-3)20-18(21)11-24-15-7-5-4-6-14(15)19/h4-10,12H,11H2,1-3H3,(H,20,21). The Kier molecular flexibility index (Phi) is 6.01. The summed E-state index contributed by atoms with van der Waals surface area (Å²) in [5.74, 6) is 0.395. The van der Waals surface area contributed by atoms with Gasteiger partial charge in [-0.3, -0.25) is 4.79 Å². The van der Waals surface area contributed by atoms with Crippen molar-refractivity contribution < 1.29 is 23.4 Å². The third-order valence-electron chi connectivity index (χ3n) is 3.48. The van der Waals surface area contributed by atoms with Gasteiger partial charge in [-0.2, -0.15) is 0 Å². The van der Waals surface area contributed by atoms with Crippen molar-refractivity contribution in [1.29, 1.82) is 0 Å². The summed E-state index contributed by atoms with van der Waals surface area (Å²) in [5.41, 5.74) is 0.854.